The number of aryl methyl sites for hydroxylation is 2. The number of hydrogen-bond donors (Lipinski definition) is 1. The van der Waals surface area contributed by atoms with Crippen LogP contribution in [0, 0.1) is 5.82 Å². The molecule has 3 rings (SSSR count). The first-order chi connectivity index (χ1) is 11.5. The smallest absolute Gasteiger partial charge is 0.256 e. The van der Waals surface area contributed by atoms with Gasteiger partial charge in [-0.3, -0.25) is 9.59 Å². The van der Waals surface area contributed by atoms with Crippen molar-refractivity contribution in [3.63, 3.8) is 0 Å². The van der Waals surface area contributed by atoms with Crippen molar-refractivity contribution in [1.82, 2.24) is 9.88 Å². The van der Waals surface area contributed by atoms with Gasteiger partial charge in [-0.15, -0.1) is 11.3 Å². The Morgan fingerprint density at radius 3 is 2.92 bits per heavy atom. The van der Waals surface area contributed by atoms with Crippen molar-refractivity contribution in [1.29, 1.82) is 0 Å². The number of benzene rings is 1. The number of hydrogen-bond acceptors (Lipinski definition) is 4. The zero-order valence-electron chi connectivity index (χ0n) is 13.6. The topological polar surface area (TPSA) is 62.3 Å². The maximum absolute atomic E-state index is 14.3. The molecule has 7 heteroatoms. The predicted octanol–water partition coefficient (Wildman–Crippen LogP) is 3.00. The van der Waals surface area contributed by atoms with Gasteiger partial charge in [0.15, 0.2) is 0 Å². The normalized spacial score (nSPS) is 13.4. The highest BCUT2D eigenvalue weighted by Crippen LogP contribution is 2.26. The van der Waals surface area contributed by atoms with E-state index in [-0.39, 0.29) is 11.5 Å². The molecule has 0 saturated carbocycles. The number of aromatic nitrogens is 1. The molecule has 2 aromatic rings. The third-order valence-corrected chi connectivity index (χ3v) is 5.01. The van der Waals surface area contributed by atoms with Crippen molar-refractivity contribution >= 4 is 28.8 Å². The van der Waals surface area contributed by atoms with Crippen LogP contribution in [0.2, 0.25) is 0 Å². The molecule has 24 heavy (non-hydrogen) atoms. The molecule has 1 aromatic carbocycles. The molecule has 2 amide bonds. The van der Waals surface area contributed by atoms with Gasteiger partial charge in [-0.2, -0.15) is 0 Å². The SMILES string of the molecule is CCc1nc(CN(C)C(=O)c2cc3c(cc2F)NC(=O)CC3)cs1. The molecule has 0 saturated heterocycles. The largest absolute Gasteiger partial charge is 0.336 e. The number of carbonyl (C=O) groups excluding carboxylic acids is 2. The van der Waals surface area contributed by atoms with Gasteiger partial charge in [-0.1, -0.05) is 6.92 Å². The van der Waals surface area contributed by atoms with Gasteiger partial charge in [-0.25, -0.2) is 9.37 Å². The average molecular weight is 347 g/mol. The van der Waals surface area contributed by atoms with Crippen LogP contribution in [0.1, 0.15) is 40.0 Å². The first-order valence-corrected chi connectivity index (χ1v) is 8.67. The highest BCUT2D eigenvalue weighted by Gasteiger charge is 2.22. The van der Waals surface area contributed by atoms with Crippen molar-refractivity contribution in [2.75, 3.05) is 12.4 Å². The van der Waals surface area contributed by atoms with Crippen LogP contribution < -0.4 is 5.32 Å². The molecule has 1 aliphatic heterocycles. The van der Waals surface area contributed by atoms with Crippen molar-refractivity contribution in [2.45, 2.75) is 32.7 Å². The van der Waals surface area contributed by atoms with E-state index in [0.717, 1.165) is 22.7 Å². The van der Waals surface area contributed by atoms with E-state index in [9.17, 15) is 14.0 Å². The molecule has 0 unspecified atom stereocenters. The lowest BCUT2D eigenvalue weighted by Crippen LogP contribution is -2.28. The van der Waals surface area contributed by atoms with E-state index in [1.165, 1.54) is 11.0 Å². The number of nitrogens with one attached hydrogen (secondary N) is 1. The third-order valence-electron chi connectivity index (χ3n) is 3.97. The molecule has 0 aliphatic carbocycles. The molecule has 1 aliphatic rings. The van der Waals surface area contributed by atoms with Crippen molar-refractivity contribution < 1.29 is 14.0 Å². The minimum absolute atomic E-state index is 0.0262. The summed E-state index contributed by atoms with van der Waals surface area (Å²) in [6.07, 6.45) is 1.71. The second kappa shape index (κ2) is 6.68. The molecule has 0 radical (unpaired) electrons. The Morgan fingerprint density at radius 1 is 1.42 bits per heavy atom. The van der Waals surface area contributed by atoms with Crippen LogP contribution in [0.3, 0.4) is 0 Å². The Morgan fingerprint density at radius 2 is 2.21 bits per heavy atom. The van der Waals surface area contributed by atoms with Crippen LogP contribution in [0.15, 0.2) is 17.5 Å². The van der Waals surface area contributed by atoms with Gasteiger partial charge in [0.1, 0.15) is 5.82 Å². The van der Waals surface area contributed by atoms with Crippen LogP contribution in [0.4, 0.5) is 10.1 Å². The summed E-state index contributed by atoms with van der Waals surface area (Å²) in [5.41, 5.74) is 2.07. The summed E-state index contributed by atoms with van der Waals surface area (Å²) < 4.78 is 14.3. The van der Waals surface area contributed by atoms with Gasteiger partial charge in [0.2, 0.25) is 5.91 Å². The quantitative estimate of drug-likeness (QED) is 0.925. The zero-order valence-corrected chi connectivity index (χ0v) is 14.4. The van der Waals surface area contributed by atoms with Gasteiger partial charge < -0.3 is 10.2 Å². The molecule has 2 heterocycles. The molecule has 1 aromatic heterocycles. The molecule has 0 fully saturated rings. The summed E-state index contributed by atoms with van der Waals surface area (Å²) in [5, 5.41) is 5.57. The zero-order chi connectivity index (χ0) is 17.3. The molecule has 0 atom stereocenters. The number of nitrogens with zero attached hydrogens (tertiary/aromatic N) is 2. The summed E-state index contributed by atoms with van der Waals surface area (Å²) in [7, 11) is 1.63. The van der Waals surface area contributed by atoms with E-state index < -0.39 is 11.7 Å². The van der Waals surface area contributed by atoms with Crippen LogP contribution in [-0.4, -0.2) is 28.7 Å². The molecular weight excluding hydrogens is 329 g/mol. The number of fused-ring (bicyclic) bond motifs is 1. The summed E-state index contributed by atoms with van der Waals surface area (Å²) in [6, 6.07) is 2.77. The third kappa shape index (κ3) is 3.31. The molecule has 5 nitrogen and oxygen atoms in total. The second-order valence-corrected chi connectivity index (χ2v) is 6.73. The van der Waals surface area contributed by atoms with Crippen LogP contribution >= 0.6 is 11.3 Å². The number of amides is 2. The molecule has 0 spiro atoms. The monoisotopic (exact) mass is 347 g/mol. The Bertz CT molecular complexity index is 803. The lowest BCUT2D eigenvalue weighted by molar-refractivity contribution is -0.116. The summed E-state index contributed by atoms with van der Waals surface area (Å²) in [6.45, 7) is 2.36. The Labute approximate surface area is 143 Å². The number of thiazole rings is 1. The maximum atomic E-state index is 14.3. The van der Waals surface area contributed by atoms with Crippen molar-refractivity contribution in [2.24, 2.45) is 0 Å². The average Bonchev–Trinajstić information content (AvgIpc) is 3.01. The number of anilines is 1. The molecule has 0 bridgehead atoms. The fourth-order valence-corrected chi connectivity index (χ4v) is 3.41. The Kier molecular flexibility index (Phi) is 4.62. The fraction of sp³-hybridized carbons (Fsp3) is 0.353. The maximum Gasteiger partial charge on any atom is 0.256 e. The summed E-state index contributed by atoms with van der Waals surface area (Å²) >= 11 is 1.56. The summed E-state index contributed by atoms with van der Waals surface area (Å²) in [5.74, 6) is -1.15. The number of rotatable bonds is 4. The van der Waals surface area contributed by atoms with E-state index >= 15 is 0 Å². The van der Waals surface area contributed by atoms with Crippen LogP contribution in [0.5, 0.6) is 0 Å². The summed E-state index contributed by atoms with van der Waals surface area (Å²) in [4.78, 5) is 29.8. The Balaban J connectivity index is 1.80. The molecule has 1 N–H and O–H groups in total. The van der Waals surface area contributed by atoms with E-state index in [1.54, 1.807) is 24.5 Å². The minimum Gasteiger partial charge on any atom is -0.336 e. The standard InChI is InChI=1S/C17H18FN3O2S/c1-3-16-19-11(9-24-16)8-21(2)17(23)12-6-10-4-5-15(22)20-14(10)7-13(12)18/h6-7,9H,3-5,8H2,1-2H3,(H,20,22). The van der Waals surface area contributed by atoms with E-state index in [1.807, 2.05) is 12.3 Å². The number of halogens is 1. The van der Waals surface area contributed by atoms with Crippen molar-refractivity contribution in [3.8, 4) is 0 Å². The molecular formula is C17H18FN3O2S. The van der Waals surface area contributed by atoms with Gasteiger partial charge >= 0.3 is 0 Å². The van der Waals surface area contributed by atoms with Crippen molar-refractivity contribution in [3.05, 3.63) is 45.2 Å². The predicted molar refractivity (Wildman–Crippen MR) is 90.6 cm³/mol. The van der Waals surface area contributed by atoms with Crippen LogP contribution in [-0.2, 0) is 24.2 Å². The van der Waals surface area contributed by atoms with E-state index in [0.29, 0.717) is 25.1 Å². The fourth-order valence-electron chi connectivity index (χ4n) is 2.67. The van der Waals surface area contributed by atoms with Gasteiger partial charge in [0, 0.05) is 24.5 Å². The Hall–Kier alpha value is -2.28. The number of carbonyl (C=O) groups is 2. The second-order valence-electron chi connectivity index (χ2n) is 5.78. The lowest BCUT2D eigenvalue weighted by atomic mass is 9.99. The first-order valence-electron chi connectivity index (χ1n) is 7.79. The van der Waals surface area contributed by atoms with Gasteiger partial charge in [-0.05, 0) is 30.5 Å². The lowest BCUT2D eigenvalue weighted by Gasteiger charge is -2.20. The van der Waals surface area contributed by atoms with E-state index in [4.69, 9.17) is 0 Å². The highest BCUT2D eigenvalue weighted by atomic mass is 32.1. The van der Waals surface area contributed by atoms with Gasteiger partial charge in [0.25, 0.3) is 5.91 Å². The first kappa shape index (κ1) is 16.6. The minimum atomic E-state index is -0.625. The van der Waals surface area contributed by atoms with Crippen LogP contribution in [0.25, 0.3) is 0 Å². The molecule has 126 valence electrons. The van der Waals surface area contributed by atoms with E-state index in [2.05, 4.69) is 10.3 Å². The van der Waals surface area contributed by atoms with Gasteiger partial charge in [0.05, 0.1) is 22.8 Å². The highest BCUT2D eigenvalue weighted by molar-refractivity contribution is 7.09.